The number of hydrogen-bond acceptors (Lipinski definition) is 4. The lowest BCUT2D eigenvalue weighted by atomic mass is 10.1. The van der Waals surface area contributed by atoms with Gasteiger partial charge in [0.15, 0.2) is 0 Å². The number of aromatic hydroxyl groups is 1. The quantitative estimate of drug-likeness (QED) is 0.846. The van der Waals surface area contributed by atoms with Crippen molar-refractivity contribution in [2.75, 3.05) is 25.5 Å². The number of nitrogens with zero attached hydrogens (tertiary/aromatic N) is 1. The van der Waals surface area contributed by atoms with E-state index >= 15 is 0 Å². The lowest BCUT2D eigenvalue weighted by Crippen LogP contribution is -2.37. The molecule has 0 saturated carbocycles. The molecule has 0 bridgehead atoms. The summed E-state index contributed by atoms with van der Waals surface area (Å²) >= 11 is 0. The van der Waals surface area contributed by atoms with Gasteiger partial charge in [0.05, 0.1) is 12.7 Å². The standard InChI is InChI=1S/C19H22N2O4/c1-4-21(19(24)16-9-8-13(2)10-17(16)22)12-18(23)20-14-6-5-7-15(11-14)25-3/h5-11,22H,4,12H2,1-3H3,(H,20,23). The van der Waals surface area contributed by atoms with E-state index in [1.54, 1.807) is 50.4 Å². The summed E-state index contributed by atoms with van der Waals surface area (Å²) in [5.74, 6) is -0.168. The largest absolute Gasteiger partial charge is 0.507 e. The van der Waals surface area contributed by atoms with Crippen molar-refractivity contribution in [3.63, 3.8) is 0 Å². The Labute approximate surface area is 147 Å². The van der Waals surface area contributed by atoms with Gasteiger partial charge in [-0.1, -0.05) is 12.1 Å². The van der Waals surface area contributed by atoms with Crippen LogP contribution in [0.4, 0.5) is 5.69 Å². The molecule has 0 heterocycles. The Morgan fingerprint density at radius 2 is 1.96 bits per heavy atom. The fourth-order valence-electron chi connectivity index (χ4n) is 2.39. The SMILES string of the molecule is CCN(CC(=O)Nc1cccc(OC)c1)C(=O)c1ccc(C)cc1O. The van der Waals surface area contributed by atoms with Crippen molar-refractivity contribution in [3.8, 4) is 11.5 Å². The number of carbonyl (C=O) groups excluding carboxylic acids is 2. The monoisotopic (exact) mass is 342 g/mol. The van der Waals surface area contributed by atoms with Gasteiger partial charge >= 0.3 is 0 Å². The number of methoxy groups -OCH3 is 1. The van der Waals surface area contributed by atoms with Crippen molar-refractivity contribution < 1.29 is 19.4 Å². The Kier molecular flexibility index (Phi) is 6.00. The van der Waals surface area contributed by atoms with Crippen molar-refractivity contribution in [3.05, 3.63) is 53.6 Å². The molecule has 0 aromatic heterocycles. The van der Waals surface area contributed by atoms with Crippen LogP contribution < -0.4 is 10.1 Å². The van der Waals surface area contributed by atoms with Crippen LogP contribution in [0.5, 0.6) is 11.5 Å². The molecule has 0 aliphatic heterocycles. The van der Waals surface area contributed by atoms with Crippen LogP contribution in [0.3, 0.4) is 0 Å². The van der Waals surface area contributed by atoms with E-state index < -0.39 is 0 Å². The number of carbonyl (C=O) groups is 2. The molecule has 2 N–H and O–H groups in total. The maximum atomic E-state index is 12.6. The fraction of sp³-hybridized carbons (Fsp3) is 0.263. The van der Waals surface area contributed by atoms with Gasteiger partial charge in [-0.2, -0.15) is 0 Å². The third-order valence-corrected chi connectivity index (χ3v) is 3.74. The number of hydrogen-bond donors (Lipinski definition) is 2. The summed E-state index contributed by atoms with van der Waals surface area (Å²) in [6.07, 6.45) is 0. The minimum atomic E-state index is -0.388. The zero-order valence-corrected chi connectivity index (χ0v) is 14.6. The highest BCUT2D eigenvalue weighted by atomic mass is 16.5. The molecule has 0 aliphatic carbocycles. The third-order valence-electron chi connectivity index (χ3n) is 3.74. The number of benzene rings is 2. The molecule has 0 fully saturated rings. The molecule has 0 radical (unpaired) electrons. The highest BCUT2D eigenvalue weighted by molar-refractivity contribution is 6.00. The van der Waals surface area contributed by atoms with Gasteiger partial charge < -0.3 is 20.1 Å². The second kappa shape index (κ2) is 8.19. The molecular weight excluding hydrogens is 320 g/mol. The molecule has 0 spiro atoms. The van der Waals surface area contributed by atoms with E-state index in [-0.39, 0.29) is 29.7 Å². The average Bonchev–Trinajstić information content (AvgIpc) is 2.59. The van der Waals surface area contributed by atoms with Crippen LogP contribution >= 0.6 is 0 Å². The van der Waals surface area contributed by atoms with Crippen LogP contribution in [-0.4, -0.2) is 42.0 Å². The van der Waals surface area contributed by atoms with Crippen LogP contribution in [0.15, 0.2) is 42.5 Å². The van der Waals surface area contributed by atoms with Crippen molar-refractivity contribution in [2.45, 2.75) is 13.8 Å². The molecule has 6 heteroatoms. The van der Waals surface area contributed by atoms with Crippen molar-refractivity contribution in [2.24, 2.45) is 0 Å². The molecule has 0 aliphatic rings. The minimum Gasteiger partial charge on any atom is -0.507 e. The Morgan fingerprint density at radius 3 is 2.60 bits per heavy atom. The first-order valence-electron chi connectivity index (χ1n) is 7.97. The summed E-state index contributed by atoms with van der Waals surface area (Å²) in [6, 6.07) is 11.8. The maximum Gasteiger partial charge on any atom is 0.258 e. The van der Waals surface area contributed by atoms with Gasteiger partial charge in [-0.15, -0.1) is 0 Å². The smallest absolute Gasteiger partial charge is 0.258 e. The second-order valence-corrected chi connectivity index (χ2v) is 5.62. The topological polar surface area (TPSA) is 78.9 Å². The van der Waals surface area contributed by atoms with E-state index in [0.717, 1.165) is 5.56 Å². The Balaban J connectivity index is 2.07. The number of phenols is 1. The first-order valence-corrected chi connectivity index (χ1v) is 7.97. The molecule has 2 rings (SSSR count). The van der Waals surface area contributed by atoms with Crippen LogP contribution in [0, 0.1) is 6.92 Å². The lowest BCUT2D eigenvalue weighted by molar-refractivity contribution is -0.116. The van der Waals surface area contributed by atoms with Crippen molar-refractivity contribution in [1.29, 1.82) is 0 Å². The predicted octanol–water partition coefficient (Wildman–Crippen LogP) is 2.81. The van der Waals surface area contributed by atoms with Crippen LogP contribution in [-0.2, 0) is 4.79 Å². The summed E-state index contributed by atoms with van der Waals surface area (Å²) in [7, 11) is 1.55. The van der Waals surface area contributed by atoms with E-state index in [4.69, 9.17) is 4.74 Å². The highest BCUT2D eigenvalue weighted by Crippen LogP contribution is 2.20. The summed E-state index contributed by atoms with van der Waals surface area (Å²) in [5.41, 5.74) is 1.63. The zero-order chi connectivity index (χ0) is 18.4. The lowest BCUT2D eigenvalue weighted by Gasteiger charge is -2.21. The number of ether oxygens (including phenoxy) is 1. The van der Waals surface area contributed by atoms with E-state index in [0.29, 0.717) is 18.0 Å². The predicted molar refractivity (Wildman–Crippen MR) is 96.0 cm³/mol. The van der Waals surface area contributed by atoms with E-state index in [1.807, 2.05) is 6.92 Å². The number of aryl methyl sites for hydroxylation is 1. The van der Waals surface area contributed by atoms with Crippen LogP contribution in [0.25, 0.3) is 0 Å². The summed E-state index contributed by atoms with van der Waals surface area (Å²) in [5, 5.41) is 12.7. The summed E-state index contributed by atoms with van der Waals surface area (Å²) < 4.78 is 5.11. The third kappa shape index (κ3) is 4.73. The van der Waals surface area contributed by atoms with Gasteiger partial charge in [-0.05, 0) is 43.7 Å². The maximum absolute atomic E-state index is 12.6. The van der Waals surface area contributed by atoms with Gasteiger partial charge in [-0.25, -0.2) is 0 Å². The number of rotatable bonds is 6. The first-order chi connectivity index (χ1) is 11.9. The van der Waals surface area contributed by atoms with Gasteiger partial charge in [0.1, 0.15) is 18.0 Å². The fourth-order valence-corrected chi connectivity index (χ4v) is 2.39. The van der Waals surface area contributed by atoms with E-state index in [2.05, 4.69) is 5.32 Å². The molecule has 132 valence electrons. The average molecular weight is 342 g/mol. The van der Waals surface area contributed by atoms with Crippen LogP contribution in [0.2, 0.25) is 0 Å². The molecule has 2 aromatic carbocycles. The minimum absolute atomic E-state index is 0.0864. The Bertz CT molecular complexity index is 774. The van der Waals surface area contributed by atoms with Gasteiger partial charge in [0.2, 0.25) is 5.91 Å². The van der Waals surface area contributed by atoms with Crippen molar-refractivity contribution >= 4 is 17.5 Å². The first kappa shape index (κ1) is 18.3. The van der Waals surface area contributed by atoms with Gasteiger partial charge in [0, 0.05) is 18.3 Å². The molecule has 25 heavy (non-hydrogen) atoms. The second-order valence-electron chi connectivity index (χ2n) is 5.62. The number of anilines is 1. The number of phenolic OH excluding ortho intramolecular Hbond substituents is 1. The molecular formula is C19H22N2O4. The normalized spacial score (nSPS) is 10.2. The van der Waals surface area contributed by atoms with E-state index in [9.17, 15) is 14.7 Å². The molecule has 2 amide bonds. The Hall–Kier alpha value is -3.02. The number of likely N-dealkylation sites (N-methyl/N-ethyl adjacent to an activating group) is 1. The molecule has 0 saturated heterocycles. The Morgan fingerprint density at radius 1 is 1.20 bits per heavy atom. The zero-order valence-electron chi connectivity index (χ0n) is 14.6. The van der Waals surface area contributed by atoms with E-state index in [1.165, 1.54) is 11.0 Å². The van der Waals surface area contributed by atoms with Crippen molar-refractivity contribution in [1.82, 2.24) is 4.90 Å². The number of amides is 2. The molecule has 0 unspecified atom stereocenters. The summed E-state index contributed by atoms with van der Waals surface area (Å²) in [6.45, 7) is 3.84. The highest BCUT2D eigenvalue weighted by Gasteiger charge is 2.20. The molecule has 2 aromatic rings. The molecule has 0 atom stereocenters. The molecule has 6 nitrogen and oxygen atoms in total. The summed E-state index contributed by atoms with van der Waals surface area (Å²) in [4.78, 5) is 26.2. The number of nitrogens with one attached hydrogen (secondary N) is 1. The van der Waals surface area contributed by atoms with Gasteiger partial charge in [-0.3, -0.25) is 9.59 Å². The van der Waals surface area contributed by atoms with Gasteiger partial charge in [0.25, 0.3) is 5.91 Å². The van der Waals surface area contributed by atoms with Crippen LogP contribution in [0.1, 0.15) is 22.8 Å².